The molecule has 2 aromatic heterocycles. The molecule has 0 unspecified atom stereocenters. The SMILES string of the molecule is O=c1ccc(-c2csc(Cc3cccc(C(F)(F)F)c3)n2)c[nH]1. The third kappa shape index (κ3) is 3.68. The molecule has 0 aliphatic heterocycles. The van der Waals surface area contributed by atoms with Gasteiger partial charge in [-0.2, -0.15) is 13.2 Å². The minimum Gasteiger partial charge on any atom is -0.328 e. The van der Waals surface area contributed by atoms with Gasteiger partial charge in [0, 0.05) is 29.6 Å². The number of nitrogens with zero attached hydrogens (tertiary/aromatic N) is 1. The summed E-state index contributed by atoms with van der Waals surface area (Å²) in [5.74, 6) is 0. The monoisotopic (exact) mass is 336 g/mol. The second-order valence-corrected chi connectivity index (χ2v) is 5.89. The molecule has 1 N–H and O–H groups in total. The number of rotatable bonds is 3. The number of pyridine rings is 1. The number of H-pyrrole nitrogens is 1. The molecule has 0 bridgehead atoms. The summed E-state index contributed by atoms with van der Waals surface area (Å²) in [6.07, 6.45) is -2.46. The van der Waals surface area contributed by atoms with E-state index < -0.39 is 11.7 Å². The Kier molecular flexibility index (Phi) is 4.04. The number of hydrogen-bond donors (Lipinski definition) is 1. The van der Waals surface area contributed by atoms with E-state index in [4.69, 9.17) is 0 Å². The molecular formula is C16H11F3N2OS. The Bertz CT molecular complexity index is 863. The van der Waals surface area contributed by atoms with Crippen LogP contribution in [0.4, 0.5) is 13.2 Å². The molecule has 0 fully saturated rings. The summed E-state index contributed by atoms with van der Waals surface area (Å²) in [5.41, 5.74) is 1.15. The third-order valence-electron chi connectivity index (χ3n) is 3.24. The molecule has 1 aromatic carbocycles. The summed E-state index contributed by atoms with van der Waals surface area (Å²) in [7, 11) is 0. The van der Waals surface area contributed by atoms with Crippen LogP contribution in [0.5, 0.6) is 0 Å². The molecule has 0 saturated heterocycles. The van der Waals surface area contributed by atoms with Crippen molar-refractivity contribution in [1.82, 2.24) is 9.97 Å². The van der Waals surface area contributed by atoms with Crippen molar-refractivity contribution in [3.63, 3.8) is 0 Å². The fourth-order valence-corrected chi connectivity index (χ4v) is 2.96. The van der Waals surface area contributed by atoms with Crippen molar-refractivity contribution in [3.05, 3.63) is 74.5 Å². The summed E-state index contributed by atoms with van der Waals surface area (Å²) >= 11 is 1.37. The van der Waals surface area contributed by atoms with Crippen LogP contribution in [0.2, 0.25) is 0 Å². The van der Waals surface area contributed by atoms with E-state index in [0.717, 1.165) is 17.7 Å². The predicted molar refractivity (Wildman–Crippen MR) is 82.4 cm³/mol. The fourth-order valence-electron chi connectivity index (χ4n) is 2.13. The van der Waals surface area contributed by atoms with Crippen molar-refractivity contribution in [2.45, 2.75) is 12.6 Å². The first kappa shape index (κ1) is 15.5. The van der Waals surface area contributed by atoms with E-state index in [1.165, 1.54) is 23.5 Å². The van der Waals surface area contributed by atoms with Crippen molar-refractivity contribution >= 4 is 11.3 Å². The Balaban J connectivity index is 1.82. The smallest absolute Gasteiger partial charge is 0.328 e. The van der Waals surface area contributed by atoms with E-state index in [0.29, 0.717) is 22.7 Å². The van der Waals surface area contributed by atoms with Crippen molar-refractivity contribution in [2.24, 2.45) is 0 Å². The van der Waals surface area contributed by atoms with Crippen LogP contribution < -0.4 is 5.56 Å². The maximum atomic E-state index is 12.7. The van der Waals surface area contributed by atoms with Crippen LogP contribution in [0.3, 0.4) is 0 Å². The highest BCUT2D eigenvalue weighted by molar-refractivity contribution is 7.10. The zero-order valence-corrected chi connectivity index (χ0v) is 12.5. The highest BCUT2D eigenvalue weighted by atomic mass is 32.1. The zero-order valence-electron chi connectivity index (χ0n) is 11.7. The molecule has 0 aliphatic carbocycles. The van der Waals surface area contributed by atoms with Gasteiger partial charge < -0.3 is 4.98 Å². The normalized spacial score (nSPS) is 11.6. The van der Waals surface area contributed by atoms with Crippen LogP contribution in [0.1, 0.15) is 16.1 Å². The van der Waals surface area contributed by atoms with Gasteiger partial charge in [0.2, 0.25) is 5.56 Å². The Labute approximate surface area is 133 Å². The molecule has 118 valence electrons. The number of thiazole rings is 1. The Morgan fingerprint density at radius 1 is 1.17 bits per heavy atom. The Hall–Kier alpha value is -2.41. The topological polar surface area (TPSA) is 45.8 Å². The Morgan fingerprint density at radius 2 is 2.00 bits per heavy atom. The first-order valence-corrected chi connectivity index (χ1v) is 7.59. The molecule has 7 heteroatoms. The van der Waals surface area contributed by atoms with Crippen molar-refractivity contribution in [3.8, 4) is 11.3 Å². The predicted octanol–water partition coefficient (Wildman–Crippen LogP) is 4.11. The number of hydrogen-bond acceptors (Lipinski definition) is 3. The van der Waals surface area contributed by atoms with Gasteiger partial charge in [-0.3, -0.25) is 4.79 Å². The molecule has 0 spiro atoms. The molecule has 0 radical (unpaired) electrons. The van der Waals surface area contributed by atoms with Gasteiger partial charge >= 0.3 is 6.18 Å². The average Bonchev–Trinajstić information content (AvgIpc) is 2.96. The molecule has 23 heavy (non-hydrogen) atoms. The lowest BCUT2D eigenvalue weighted by Gasteiger charge is -2.07. The summed E-state index contributed by atoms with van der Waals surface area (Å²) in [4.78, 5) is 18.0. The highest BCUT2D eigenvalue weighted by Crippen LogP contribution is 2.30. The molecule has 0 atom stereocenters. The molecule has 3 aromatic rings. The number of nitrogens with one attached hydrogen (secondary N) is 1. The summed E-state index contributed by atoms with van der Waals surface area (Å²) < 4.78 is 38.2. The van der Waals surface area contributed by atoms with Crippen LogP contribution in [0.15, 0.2) is 52.8 Å². The van der Waals surface area contributed by atoms with E-state index in [1.807, 2.05) is 5.38 Å². The number of alkyl halides is 3. The van der Waals surface area contributed by atoms with Crippen LogP contribution >= 0.6 is 11.3 Å². The zero-order chi connectivity index (χ0) is 16.4. The van der Waals surface area contributed by atoms with Gasteiger partial charge in [-0.25, -0.2) is 4.98 Å². The van der Waals surface area contributed by atoms with E-state index in [-0.39, 0.29) is 5.56 Å². The van der Waals surface area contributed by atoms with Gasteiger partial charge in [0.15, 0.2) is 0 Å². The van der Waals surface area contributed by atoms with E-state index >= 15 is 0 Å². The second kappa shape index (κ2) is 6.00. The van der Waals surface area contributed by atoms with Crippen LogP contribution in [0, 0.1) is 0 Å². The van der Waals surface area contributed by atoms with Crippen molar-refractivity contribution in [2.75, 3.05) is 0 Å². The van der Waals surface area contributed by atoms with Gasteiger partial charge in [-0.1, -0.05) is 18.2 Å². The first-order valence-electron chi connectivity index (χ1n) is 6.71. The molecule has 0 saturated carbocycles. The van der Waals surface area contributed by atoms with Gasteiger partial charge in [0.05, 0.1) is 16.3 Å². The maximum absolute atomic E-state index is 12.7. The largest absolute Gasteiger partial charge is 0.416 e. The van der Waals surface area contributed by atoms with Gasteiger partial charge in [0.25, 0.3) is 0 Å². The first-order chi connectivity index (χ1) is 10.9. The molecular weight excluding hydrogens is 325 g/mol. The molecule has 0 aliphatic rings. The minimum atomic E-state index is -4.35. The van der Waals surface area contributed by atoms with Crippen LogP contribution in [0.25, 0.3) is 11.3 Å². The average molecular weight is 336 g/mol. The third-order valence-corrected chi connectivity index (χ3v) is 4.09. The van der Waals surface area contributed by atoms with Crippen LogP contribution in [-0.4, -0.2) is 9.97 Å². The number of aromatic nitrogens is 2. The van der Waals surface area contributed by atoms with Gasteiger partial charge in [-0.15, -0.1) is 11.3 Å². The lowest BCUT2D eigenvalue weighted by atomic mass is 10.1. The van der Waals surface area contributed by atoms with Gasteiger partial charge in [-0.05, 0) is 17.7 Å². The Morgan fingerprint density at radius 3 is 2.70 bits per heavy atom. The molecule has 0 amide bonds. The fraction of sp³-hybridized carbons (Fsp3) is 0.125. The van der Waals surface area contributed by atoms with Crippen LogP contribution in [-0.2, 0) is 12.6 Å². The highest BCUT2D eigenvalue weighted by Gasteiger charge is 2.30. The molecule has 2 heterocycles. The molecule has 3 rings (SSSR count). The lowest BCUT2D eigenvalue weighted by molar-refractivity contribution is -0.137. The summed E-state index contributed by atoms with van der Waals surface area (Å²) in [6, 6.07) is 8.30. The second-order valence-electron chi connectivity index (χ2n) is 4.94. The maximum Gasteiger partial charge on any atom is 0.416 e. The van der Waals surface area contributed by atoms with E-state index in [9.17, 15) is 18.0 Å². The van der Waals surface area contributed by atoms with E-state index in [1.54, 1.807) is 18.3 Å². The molecule has 3 nitrogen and oxygen atoms in total. The summed E-state index contributed by atoms with van der Waals surface area (Å²) in [5, 5.41) is 2.53. The lowest BCUT2D eigenvalue weighted by Crippen LogP contribution is -2.05. The van der Waals surface area contributed by atoms with Crippen molar-refractivity contribution in [1.29, 1.82) is 0 Å². The van der Waals surface area contributed by atoms with E-state index in [2.05, 4.69) is 9.97 Å². The number of halogens is 3. The number of benzene rings is 1. The quantitative estimate of drug-likeness (QED) is 0.782. The standard InChI is InChI=1S/C16H11F3N2OS/c17-16(18,19)12-3-1-2-10(6-12)7-15-21-13(9-23-15)11-4-5-14(22)20-8-11/h1-6,8-9H,7H2,(H,20,22). The minimum absolute atomic E-state index is 0.201. The van der Waals surface area contributed by atoms with Gasteiger partial charge in [0.1, 0.15) is 0 Å². The van der Waals surface area contributed by atoms with Crippen molar-refractivity contribution < 1.29 is 13.2 Å². The summed E-state index contributed by atoms with van der Waals surface area (Å²) in [6.45, 7) is 0. The number of aromatic amines is 1.